The van der Waals surface area contributed by atoms with E-state index in [0.29, 0.717) is 18.1 Å². The van der Waals surface area contributed by atoms with Crippen LogP contribution in [-0.4, -0.2) is 40.0 Å². The highest BCUT2D eigenvalue weighted by Gasteiger charge is 2.30. The van der Waals surface area contributed by atoms with Gasteiger partial charge in [0.15, 0.2) is 0 Å². The first kappa shape index (κ1) is 28.1. The van der Waals surface area contributed by atoms with Crippen LogP contribution in [0.4, 0.5) is 15.5 Å². The van der Waals surface area contributed by atoms with Crippen LogP contribution in [0.1, 0.15) is 51.4 Å². The maximum Gasteiger partial charge on any atom is 0.414 e. The molecule has 0 fully saturated rings. The summed E-state index contributed by atoms with van der Waals surface area (Å²) in [5.41, 5.74) is 1.15. The number of hydrogen-bond donors (Lipinski definition) is 3. The zero-order valence-corrected chi connectivity index (χ0v) is 23.3. The highest BCUT2D eigenvalue weighted by atomic mass is 32.2. The minimum atomic E-state index is -4.01. The third-order valence-corrected chi connectivity index (χ3v) is 8.79. The highest BCUT2D eigenvalue weighted by molar-refractivity contribution is 7.92. The van der Waals surface area contributed by atoms with Crippen molar-refractivity contribution < 1.29 is 32.3 Å². The number of sulfonamides is 1. The maximum atomic E-state index is 13.4. The minimum absolute atomic E-state index is 0.00325. The van der Waals surface area contributed by atoms with Gasteiger partial charge < -0.3 is 14.8 Å². The van der Waals surface area contributed by atoms with E-state index in [1.54, 1.807) is 19.1 Å². The molecular weight excluding hydrogens is 542 g/mol. The van der Waals surface area contributed by atoms with Crippen LogP contribution in [0.2, 0.25) is 0 Å². The summed E-state index contributed by atoms with van der Waals surface area (Å²) in [5.74, 6) is -0.359. The molecule has 1 unspecified atom stereocenters. The van der Waals surface area contributed by atoms with Gasteiger partial charge in [0.05, 0.1) is 35.4 Å². The quantitative estimate of drug-likeness (QED) is 0.352. The minimum Gasteiger partial charge on any atom is -0.497 e. The number of hydrogen-bond acceptors (Lipinski definition) is 8. The lowest BCUT2D eigenvalue weighted by atomic mass is 9.88. The van der Waals surface area contributed by atoms with Crippen molar-refractivity contribution in [1.29, 1.82) is 0 Å². The highest BCUT2D eigenvalue weighted by Crippen LogP contribution is 2.40. The molecule has 3 aromatic rings. The van der Waals surface area contributed by atoms with Crippen molar-refractivity contribution in [3.63, 3.8) is 0 Å². The van der Waals surface area contributed by atoms with E-state index in [9.17, 15) is 22.8 Å². The summed E-state index contributed by atoms with van der Waals surface area (Å²) in [5, 5.41) is 5.29. The Morgan fingerprint density at radius 1 is 1.05 bits per heavy atom. The third kappa shape index (κ3) is 6.40. The number of ether oxygens (including phenoxy) is 2. The first-order valence-corrected chi connectivity index (χ1v) is 14.6. The fraction of sp³-hybridized carbons (Fsp3) is 0.296. The van der Waals surface area contributed by atoms with Gasteiger partial charge in [0.1, 0.15) is 10.8 Å². The Morgan fingerprint density at radius 2 is 1.77 bits per heavy atom. The number of benzene rings is 2. The molecule has 0 bridgehead atoms. The van der Waals surface area contributed by atoms with Gasteiger partial charge in [-0.15, -0.1) is 11.3 Å². The molecule has 1 aliphatic rings. The van der Waals surface area contributed by atoms with Crippen molar-refractivity contribution in [3.8, 4) is 5.75 Å². The molecule has 1 aromatic heterocycles. The number of alkyl carbamates (subject to hydrolysis) is 1. The van der Waals surface area contributed by atoms with E-state index < -0.39 is 27.9 Å². The second-order valence-corrected chi connectivity index (χ2v) is 11.8. The molecule has 12 heteroatoms. The van der Waals surface area contributed by atoms with Gasteiger partial charge in [0.2, 0.25) is 0 Å². The number of fused-ring (bicyclic) bond motifs is 1. The molecule has 1 atom stereocenters. The van der Waals surface area contributed by atoms with E-state index in [1.807, 2.05) is 0 Å². The largest absolute Gasteiger partial charge is 0.497 e. The second kappa shape index (κ2) is 11.9. The molecular formula is C27H29N3O7S2. The molecule has 3 N–H and O–H groups in total. The Labute approximate surface area is 230 Å². The average Bonchev–Trinajstić information content (AvgIpc) is 3.25. The lowest BCUT2D eigenvalue weighted by Crippen LogP contribution is -2.32. The predicted molar refractivity (Wildman–Crippen MR) is 148 cm³/mol. The van der Waals surface area contributed by atoms with Crippen LogP contribution in [0.3, 0.4) is 0 Å². The Hall–Kier alpha value is -3.90. The van der Waals surface area contributed by atoms with Gasteiger partial charge in [0, 0.05) is 4.88 Å². The van der Waals surface area contributed by atoms with Gasteiger partial charge in [-0.1, -0.05) is 19.1 Å². The van der Waals surface area contributed by atoms with Crippen LogP contribution in [0.25, 0.3) is 0 Å². The van der Waals surface area contributed by atoms with Gasteiger partial charge in [-0.05, 0) is 74.1 Å². The van der Waals surface area contributed by atoms with E-state index >= 15 is 0 Å². The molecule has 0 saturated carbocycles. The molecule has 1 heterocycles. The van der Waals surface area contributed by atoms with E-state index in [4.69, 9.17) is 9.47 Å². The Bertz CT molecular complexity index is 1500. The van der Waals surface area contributed by atoms with Crippen molar-refractivity contribution in [2.75, 3.05) is 23.8 Å². The number of carbonyl (C=O) groups excluding carboxylic acids is 3. The average molecular weight is 572 g/mol. The Morgan fingerprint density at radius 3 is 2.46 bits per heavy atom. The monoisotopic (exact) mass is 571 g/mol. The molecule has 4 rings (SSSR count). The molecule has 39 heavy (non-hydrogen) atoms. The van der Waals surface area contributed by atoms with Crippen LogP contribution >= 0.6 is 11.3 Å². The van der Waals surface area contributed by atoms with E-state index in [1.165, 1.54) is 54.8 Å². The summed E-state index contributed by atoms with van der Waals surface area (Å²) >= 11 is 1.28. The van der Waals surface area contributed by atoms with Crippen molar-refractivity contribution >= 4 is 50.0 Å². The summed E-state index contributed by atoms with van der Waals surface area (Å²) in [6, 6.07) is 12.0. The number of methoxy groups -OCH3 is 1. The lowest BCUT2D eigenvalue weighted by Gasteiger charge is -2.18. The number of nitrogens with one attached hydrogen (secondary N) is 3. The zero-order chi connectivity index (χ0) is 28.2. The summed E-state index contributed by atoms with van der Waals surface area (Å²) in [7, 11) is -2.54. The lowest BCUT2D eigenvalue weighted by molar-refractivity contribution is 0.0925. The molecule has 206 valence electrons. The number of para-hydroxylation sites is 1. The number of thiophene rings is 1. The van der Waals surface area contributed by atoms with Crippen molar-refractivity contribution in [1.82, 2.24) is 5.32 Å². The first-order valence-electron chi connectivity index (χ1n) is 12.3. The van der Waals surface area contributed by atoms with Crippen LogP contribution in [0, 0.1) is 5.92 Å². The van der Waals surface area contributed by atoms with E-state index in [2.05, 4.69) is 22.3 Å². The molecule has 0 aliphatic heterocycles. The first-order chi connectivity index (χ1) is 18.6. The molecule has 0 radical (unpaired) electrons. The standard InChI is InChI=1S/C27H29N3O7S2/c1-4-37-27(33)29-25(32)23-20-14-9-16(2)15-22(20)38-26(23)28-24(31)19-7-5-6-8-21(19)30-39(34,35)18-12-10-17(36-3)11-13-18/h5-8,10-13,16,30H,4,9,14-15H2,1-3H3,(H,28,31)(H,29,32,33). The summed E-state index contributed by atoms with van der Waals surface area (Å²) < 4.78 is 38.4. The molecule has 0 spiro atoms. The van der Waals surface area contributed by atoms with Crippen LogP contribution in [0.15, 0.2) is 53.4 Å². The maximum absolute atomic E-state index is 13.4. The van der Waals surface area contributed by atoms with Crippen molar-refractivity contribution in [2.24, 2.45) is 5.92 Å². The van der Waals surface area contributed by atoms with Crippen molar-refractivity contribution in [2.45, 2.75) is 38.0 Å². The molecule has 1 aliphatic carbocycles. The molecule has 10 nitrogen and oxygen atoms in total. The number of carbonyl (C=O) groups is 3. The van der Waals surface area contributed by atoms with Gasteiger partial charge >= 0.3 is 6.09 Å². The molecule has 0 saturated heterocycles. The van der Waals surface area contributed by atoms with E-state index in [0.717, 1.165) is 23.3 Å². The number of anilines is 2. The second-order valence-electron chi connectivity index (χ2n) is 9.01. The smallest absolute Gasteiger partial charge is 0.414 e. The van der Waals surface area contributed by atoms with Gasteiger partial charge in [-0.2, -0.15) is 0 Å². The SMILES string of the molecule is CCOC(=O)NC(=O)c1c(NC(=O)c2ccccc2NS(=O)(=O)c2ccc(OC)cc2)sc2c1CCC(C)C2. The Kier molecular flexibility index (Phi) is 8.56. The van der Waals surface area contributed by atoms with Crippen LogP contribution in [0.5, 0.6) is 5.75 Å². The number of rotatable bonds is 8. The summed E-state index contributed by atoms with van der Waals surface area (Å²) in [6.07, 6.45) is 1.37. The van der Waals surface area contributed by atoms with E-state index in [-0.39, 0.29) is 33.3 Å². The third-order valence-electron chi connectivity index (χ3n) is 6.24. The van der Waals surface area contributed by atoms with Gasteiger partial charge in [-0.25, -0.2) is 13.2 Å². The van der Waals surface area contributed by atoms with Crippen LogP contribution in [-0.2, 0) is 27.6 Å². The summed E-state index contributed by atoms with van der Waals surface area (Å²) in [4.78, 5) is 39.4. The number of imide groups is 1. The Balaban J connectivity index is 1.63. The van der Waals surface area contributed by atoms with Crippen molar-refractivity contribution in [3.05, 3.63) is 70.1 Å². The topological polar surface area (TPSA) is 140 Å². The van der Waals surface area contributed by atoms with Crippen LogP contribution < -0.4 is 20.1 Å². The van der Waals surface area contributed by atoms with Gasteiger partial charge in [0.25, 0.3) is 21.8 Å². The fourth-order valence-electron chi connectivity index (χ4n) is 4.30. The predicted octanol–water partition coefficient (Wildman–Crippen LogP) is 4.82. The fourth-order valence-corrected chi connectivity index (χ4v) is 6.78. The van der Waals surface area contributed by atoms with Gasteiger partial charge in [-0.3, -0.25) is 19.6 Å². The molecule has 3 amide bonds. The summed E-state index contributed by atoms with van der Waals surface area (Å²) in [6.45, 7) is 3.85. The normalized spacial score (nSPS) is 14.6. The zero-order valence-electron chi connectivity index (χ0n) is 21.7. The molecule has 2 aromatic carbocycles. The number of amides is 3.